The fourth-order valence-corrected chi connectivity index (χ4v) is 4.83. The molecule has 36 heavy (non-hydrogen) atoms. The van der Waals surface area contributed by atoms with Gasteiger partial charge in [0, 0.05) is 6.42 Å². The molecule has 1 aromatic carbocycles. The molecular formula is C23H27N6O6P. The number of carbonyl (C=O) groups excluding carboxylic acids is 1. The fourth-order valence-electron chi connectivity index (χ4n) is 3.77. The fraction of sp³-hybridized carbons (Fsp3) is 0.391. The van der Waals surface area contributed by atoms with E-state index in [0.29, 0.717) is 17.0 Å². The van der Waals surface area contributed by atoms with Crippen molar-refractivity contribution >= 4 is 25.8 Å². The van der Waals surface area contributed by atoms with Gasteiger partial charge in [-0.1, -0.05) is 18.2 Å². The van der Waals surface area contributed by atoms with Crippen LogP contribution in [0.2, 0.25) is 0 Å². The number of aromatic nitrogens is 3. The molecule has 12 nitrogen and oxygen atoms in total. The summed E-state index contributed by atoms with van der Waals surface area (Å²) < 4.78 is 24.5. The van der Waals surface area contributed by atoms with Crippen LogP contribution in [-0.4, -0.2) is 57.1 Å². The summed E-state index contributed by atoms with van der Waals surface area (Å²) in [7, 11) is -1.81. The molecule has 0 aliphatic carbocycles. The number of nitrogens with one attached hydrogen (secondary N) is 1. The Balaban J connectivity index is 1.46. The molecular weight excluding hydrogens is 487 g/mol. The van der Waals surface area contributed by atoms with Crippen LogP contribution in [0.5, 0.6) is 5.75 Å². The number of anilines is 1. The SMILES string of the molecule is CC(C)OC(=O)CNP(OCC1OC(C#N)(c2ccc3c(N)ncnn23)CC1O)Oc1ccccc1. The summed E-state index contributed by atoms with van der Waals surface area (Å²) in [6, 6.07) is 14.5. The maximum Gasteiger partial charge on any atom is 0.320 e. The number of rotatable bonds is 10. The highest BCUT2D eigenvalue weighted by molar-refractivity contribution is 7.45. The number of para-hydroxylation sites is 1. The summed E-state index contributed by atoms with van der Waals surface area (Å²) in [5, 5.41) is 27.9. The number of nitrogens with zero attached hydrogens (tertiary/aromatic N) is 4. The molecule has 4 N–H and O–H groups in total. The minimum Gasteiger partial charge on any atom is -0.462 e. The summed E-state index contributed by atoms with van der Waals surface area (Å²) in [6.07, 6.45) is -0.822. The van der Waals surface area contributed by atoms with Crippen LogP contribution in [0.1, 0.15) is 26.0 Å². The van der Waals surface area contributed by atoms with E-state index in [9.17, 15) is 15.2 Å². The summed E-state index contributed by atoms with van der Waals surface area (Å²) in [6.45, 7) is 3.28. The number of nitrogen functional groups attached to an aromatic ring is 1. The molecule has 0 bridgehead atoms. The van der Waals surface area contributed by atoms with E-state index in [-0.39, 0.29) is 31.5 Å². The minimum absolute atomic E-state index is 0.000834. The van der Waals surface area contributed by atoms with Gasteiger partial charge in [-0.2, -0.15) is 10.4 Å². The van der Waals surface area contributed by atoms with Crippen molar-refractivity contribution in [3.05, 3.63) is 54.5 Å². The normalized spacial score (nSPS) is 22.4. The van der Waals surface area contributed by atoms with Gasteiger partial charge in [-0.05, 0) is 38.1 Å². The molecule has 4 atom stereocenters. The van der Waals surface area contributed by atoms with Crippen molar-refractivity contribution in [1.29, 1.82) is 5.26 Å². The molecule has 190 valence electrons. The van der Waals surface area contributed by atoms with Crippen molar-refractivity contribution in [3.63, 3.8) is 0 Å². The molecule has 2 aromatic heterocycles. The van der Waals surface area contributed by atoms with E-state index in [2.05, 4.69) is 21.2 Å². The number of fused-ring (bicyclic) bond motifs is 1. The van der Waals surface area contributed by atoms with Crippen LogP contribution >= 0.6 is 8.53 Å². The van der Waals surface area contributed by atoms with Crippen LogP contribution in [0.4, 0.5) is 5.82 Å². The first-order valence-corrected chi connectivity index (χ1v) is 12.4. The van der Waals surface area contributed by atoms with E-state index in [1.54, 1.807) is 50.2 Å². The van der Waals surface area contributed by atoms with Crippen molar-refractivity contribution < 1.29 is 28.4 Å². The van der Waals surface area contributed by atoms with Crippen LogP contribution in [-0.2, 0) is 24.4 Å². The lowest BCUT2D eigenvalue weighted by Gasteiger charge is -2.23. The molecule has 0 amide bonds. The van der Waals surface area contributed by atoms with Crippen molar-refractivity contribution in [1.82, 2.24) is 19.7 Å². The second kappa shape index (κ2) is 11.2. The molecule has 0 spiro atoms. The number of nitrogens with two attached hydrogens (primary N) is 1. The van der Waals surface area contributed by atoms with Gasteiger partial charge in [-0.3, -0.25) is 4.79 Å². The molecule has 0 saturated carbocycles. The third-order valence-corrected chi connectivity index (χ3v) is 6.54. The van der Waals surface area contributed by atoms with E-state index < -0.39 is 32.3 Å². The Morgan fingerprint density at radius 2 is 2.17 bits per heavy atom. The van der Waals surface area contributed by atoms with Crippen molar-refractivity contribution in [2.45, 2.75) is 44.2 Å². The van der Waals surface area contributed by atoms with Gasteiger partial charge in [0.1, 0.15) is 36.3 Å². The smallest absolute Gasteiger partial charge is 0.320 e. The zero-order chi connectivity index (χ0) is 25.7. The Morgan fingerprint density at radius 3 is 2.89 bits per heavy atom. The van der Waals surface area contributed by atoms with Gasteiger partial charge in [0.25, 0.3) is 0 Å². The number of benzene rings is 1. The van der Waals surface area contributed by atoms with E-state index in [1.807, 2.05) is 6.07 Å². The maximum atomic E-state index is 12.0. The highest BCUT2D eigenvalue weighted by Gasteiger charge is 2.50. The van der Waals surface area contributed by atoms with Crippen LogP contribution in [0, 0.1) is 11.3 Å². The number of hydrogen-bond donors (Lipinski definition) is 3. The first-order valence-electron chi connectivity index (χ1n) is 11.3. The van der Waals surface area contributed by atoms with E-state index in [1.165, 1.54) is 10.8 Å². The van der Waals surface area contributed by atoms with Gasteiger partial charge < -0.3 is 29.4 Å². The van der Waals surface area contributed by atoms with Gasteiger partial charge in [0.15, 0.2) is 11.4 Å². The van der Waals surface area contributed by atoms with E-state index >= 15 is 0 Å². The Kier molecular flexibility index (Phi) is 7.98. The maximum absolute atomic E-state index is 12.0. The first kappa shape index (κ1) is 25.8. The Bertz CT molecular complexity index is 1230. The molecule has 3 heterocycles. The zero-order valence-electron chi connectivity index (χ0n) is 19.8. The quantitative estimate of drug-likeness (QED) is 0.268. The van der Waals surface area contributed by atoms with Gasteiger partial charge in [0.05, 0.1) is 24.5 Å². The molecule has 1 aliphatic rings. The minimum atomic E-state index is -1.81. The number of esters is 1. The molecule has 0 radical (unpaired) electrons. The second-order valence-electron chi connectivity index (χ2n) is 8.36. The standard InChI is InChI=1S/C23H27N6O6P/c1-15(2)33-21(31)11-28-36(35-16-6-4-3-5-7-16)32-12-19-18(30)10-23(13-24,34-19)20-9-8-17-22(25)26-14-27-29(17)20/h3-9,14-15,18-19,28,30H,10-12H2,1-2H3,(H2,25,26,27). The van der Waals surface area contributed by atoms with Crippen molar-refractivity contribution in [3.8, 4) is 11.8 Å². The molecule has 13 heteroatoms. The molecule has 1 fully saturated rings. The number of hydrogen-bond acceptors (Lipinski definition) is 11. The van der Waals surface area contributed by atoms with Crippen LogP contribution in [0.25, 0.3) is 5.52 Å². The molecule has 4 unspecified atom stereocenters. The van der Waals surface area contributed by atoms with Crippen LogP contribution in [0.3, 0.4) is 0 Å². The van der Waals surface area contributed by atoms with Crippen molar-refractivity contribution in [2.75, 3.05) is 18.9 Å². The molecule has 1 aliphatic heterocycles. The molecule has 4 rings (SSSR count). The average Bonchev–Trinajstić information content (AvgIpc) is 3.44. The number of ether oxygens (including phenoxy) is 2. The number of nitriles is 1. The number of aliphatic hydroxyl groups is 1. The predicted octanol–water partition coefficient (Wildman–Crippen LogP) is 2.04. The molecule has 3 aromatic rings. The summed E-state index contributed by atoms with van der Waals surface area (Å²) in [5.41, 5.74) is 5.39. The summed E-state index contributed by atoms with van der Waals surface area (Å²) in [5.74, 6) is 0.331. The zero-order valence-corrected chi connectivity index (χ0v) is 20.7. The van der Waals surface area contributed by atoms with Crippen molar-refractivity contribution in [2.24, 2.45) is 0 Å². The lowest BCUT2D eigenvalue weighted by molar-refractivity contribution is -0.145. The Labute approximate surface area is 208 Å². The Hall–Kier alpha value is -3.33. The van der Waals surface area contributed by atoms with Crippen LogP contribution < -0.4 is 15.3 Å². The predicted molar refractivity (Wildman–Crippen MR) is 129 cm³/mol. The highest BCUT2D eigenvalue weighted by Crippen LogP contribution is 2.42. The monoisotopic (exact) mass is 514 g/mol. The first-order chi connectivity index (χ1) is 17.3. The van der Waals surface area contributed by atoms with Gasteiger partial charge in [-0.25, -0.2) is 14.6 Å². The topological polar surface area (TPSA) is 166 Å². The summed E-state index contributed by atoms with van der Waals surface area (Å²) in [4.78, 5) is 16.0. The highest BCUT2D eigenvalue weighted by atomic mass is 31.2. The Morgan fingerprint density at radius 1 is 1.39 bits per heavy atom. The lowest BCUT2D eigenvalue weighted by Crippen LogP contribution is -2.30. The molecule has 1 saturated heterocycles. The van der Waals surface area contributed by atoms with Gasteiger partial charge in [0.2, 0.25) is 0 Å². The third-order valence-electron chi connectivity index (χ3n) is 5.36. The number of carbonyl (C=O) groups is 1. The van der Waals surface area contributed by atoms with Gasteiger partial charge in [-0.15, -0.1) is 0 Å². The van der Waals surface area contributed by atoms with E-state index in [4.69, 9.17) is 24.3 Å². The summed E-state index contributed by atoms with van der Waals surface area (Å²) >= 11 is 0. The van der Waals surface area contributed by atoms with E-state index in [0.717, 1.165) is 0 Å². The second-order valence-corrected chi connectivity index (χ2v) is 9.63. The average molecular weight is 514 g/mol. The van der Waals surface area contributed by atoms with Gasteiger partial charge >= 0.3 is 14.5 Å². The lowest BCUT2D eigenvalue weighted by atomic mass is 9.96. The third kappa shape index (κ3) is 5.73. The largest absolute Gasteiger partial charge is 0.462 e. The van der Waals surface area contributed by atoms with Crippen LogP contribution in [0.15, 0.2) is 48.8 Å². The number of aliphatic hydroxyl groups excluding tert-OH is 1.